The van der Waals surface area contributed by atoms with Gasteiger partial charge in [-0.2, -0.15) is 0 Å². The fourth-order valence-corrected chi connectivity index (χ4v) is 3.15. The molecule has 2 aromatic carbocycles. The molecule has 0 aliphatic heterocycles. The molecule has 0 spiro atoms. The number of methoxy groups -OCH3 is 1. The topological polar surface area (TPSA) is 21.3 Å². The van der Waals surface area contributed by atoms with E-state index in [4.69, 9.17) is 27.9 Å². The second-order valence-corrected chi connectivity index (χ2v) is 6.01. The highest BCUT2D eigenvalue weighted by molar-refractivity contribution is 9.10. The average Bonchev–Trinajstić information content (AvgIpc) is 2.42. The van der Waals surface area contributed by atoms with Crippen molar-refractivity contribution in [3.8, 4) is 5.75 Å². The van der Waals surface area contributed by atoms with Crippen LogP contribution in [-0.2, 0) is 0 Å². The average molecular weight is 375 g/mol. The van der Waals surface area contributed by atoms with Gasteiger partial charge in [-0.15, -0.1) is 0 Å². The van der Waals surface area contributed by atoms with Gasteiger partial charge in [0.1, 0.15) is 5.75 Å². The Bertz CT molecular complexity index is 619. The molecule has 106 valence electrons. The molecule has 0 saturated carbocycles. The molecular weight excluding hydrogens is 361 g/mol. The molecule has 1 N–H and O–H groups in total. The minimum Gasteiger partial charge on any atom is -0.495 e. The summed E-state index contributed by atoms with van der Waals surface area (Å²) in [7, 11) is 3.49. The fourth-order valence-electron chi connectivity index (χ4n) is 2.10. The van der Waals surface area contributed by atoms with Gasteiger partial charge in [-0.3, -0.25) is 0 Å². The Morgan fingerprint density at radius 3 is 2.40 bits per heavy atom. The SMILES string of the molecule is CNC(c1ccc(OC)c(Cl)c1)c1ccc(Br)cc1Cl. The number of hydrogen-bond donors (Lipinski definition) is 1. The number of ether oxygens (including phenoxy) is 1. The van der Waals surface area contributed by atoms with E-state index < -0.39 is 0 Å². The first kappa shape index (κ1) is 15.6. The summed E-state index contributed by atoms with van der Waals surface area (Å²) in [6.07, 6.45) is 0. The van der Waals surface area contributed by atoms with E-state index in [9.17, 15) is 0 Å². The third-order valence-corrected chi connectivity index (χ3v) is 4.19. The van der Waals surface area contributed by atoms with Crippen LogP contribution in [-0.4, -0.2) is 14.2 Å². The zero-order valence-electron chi connectivity index (χ0n) is 11.1. The van der Waals surface area contributed by atoms with Crippen molar-refractivity contribution in [1.29, 1.82) is 0 Å². The summed E-state index contributed by atoms with van der Waals surface area (Å²) in [5, 5.41) is 4.54. The van der Waals surface area contributed by atoms with Gasteiger partial charge < -0.3 is 10.1 Å². The van der Waals surface area contributed by atoms with Crippen molar-refractivity contribution < 1.29 is 4.74 Å². The van der Waals surface area contributed by atoms with Gasteiger partial charge >= 0.3 is 0 Å². The maximum atomic E-state index is 6.32. The van der Waals surface area contributed by atoms with Gasteiger partial charge in [0.25, 0.3) is 0 Å². The molecule has 0 bridgehead atoms. The minimum atomic E-state index is -0.0287. The lowest BCUT2D eigenvalue weighted by Crippen LogP contribution is -2.18. The van der Waals surface area contributed by atoms with Crippen molar-refractivity contribution >= 4 is 39.1 Å². The van der Waals surface area contributed by atoms with Crippen LogP contribution < -0.4 is 10.1 Å². The Morgan fingerprint density at radius 1 is 1.10 bits per heavy atom. The summed E-state index contributed by atoms with van der Waals surface area (Å²) in [5.74, 6) is 0.659. The number of halogens is 3. The summed E-state index contributed by atoms with van der Waals surface area (Å²) in [6, 6.07) is 11.5. The lowest BCUT2D eigenvalue weighted by atomic mass is 9.98. The highest BCUT2D eigenvalue weighted by Gasteiger charge is 2.16. The normalized spacial score (nSPS) is 12.2. The molecule has 2 rings (SSSR count). The van der Waals surface area contributed by atoms with Crippen LogP contribution in [0, 0.1) is 0 Å². The van der Waals surface area contributed by atoms with Crippen molar-refractivity contribution in [2.45, 2.75) is 6.04 Å². The van der Waals surface area contributed by atoms with Crippen LogP contribution in [0.3, 0.4) is 0 Å². The molecule has 0 radical (unpaired) electrons. The highest BCUT2D eigenvalue weighted by atomic mass is 79.9. The van der Waals surface area contributed by atoms with Crippen LogP contribution in [0.1, 0.15) is 17.2 Å². The molecule has 20 heavy (non-hydrogen) atoms. The van der Waals surface area contributed by atoms with E-state index in [1.165, 1.54) is 0 Å². The Hall–Kier alpha value is -0.740. The van der Waals surface area contributed by atoms with Crippen LogP contribution in [0.2, 0.25) is 10.0 Å². The molecule has 2 aromatic rings. The summed E-state index contributed by atoms with van der Waals surface area (Å²) >= 11 is 15.9. The molecule has 0 saturated heterocycles. The predicted octanol–water partition coefficient (Wildman–Crippen LogP) is 5.07. The van der Waals surface area contributed by atoms with Crippen LogP contribution in [0.15, 0.2) is 40.9 Å². The first-order chi connectivity index (χ1) is 9.56. The van der Waals surface area contributed by atoms with Crippen molar-refractivity contribution in [1.82, 2.24) is 5.32 Å². The summed E-state index contributed by atoms with van der Waals surface area (Å²) in [4.78, 5) is 0. The maximum absolute atomic E-state index is 6.32. The van der Waals surface area contributed by atoms with E-state index in [1.807, 2.05) is 43.4 Å². The van der Waals surface area contributed by atoms with E-state index in [-0.39, 0.29) is 6.04 Å². The molecule has 0 aromatic heterocycles. The summed E-state index contributed by atoms with van der Waals surface area (Å²) < 4.78 is 6.13. The van der Waals surface area contributed by atoms with E-state index in [2.05, 4.69) is 21.2 Å². The van der Waals surface area contributed by atoms with Gasteiger partial charge in [0.2, 0.25) is 0 Å². The van der Waals surface area contributed by atoms with Crippen LogP contribution >= 0.6 is 39.1 Å². The smallest absolute Gasteiger partial charge is 0.137 e. The lowest BCUT2D eigenvalue weighted by molar-refractivity contribution is 0.414. The van der Waals surface area contributed by atoms with Crippen molar-refractivity contribution in [2.75, 3.05) is 14.2 Å². The monoisotopic (exact) mass is 373 g/mol. The Morgan fingerprint density at radius 2 is 1.85 bits per heavy atom. The molecule has 0 fully saturated rings. The standard InChI is InChI=1S/C15H14BrCl2NO/c1-19-15(11-5-4-10(16)8-12(11)17)9-3-6-14(20-2)13(18)7-9/h3-8,15,19H,1-2H3. The first-order valence-electron chi connectivity index (χ1n) is 6.02. The van der Waals surface area contributed by atoms with Gasteiger partial charge in [-0.1, -0.05) is 51.3 Å². The van der Waals surface area contributed by atoms with E-state index in [0.29, 0.717) is 15.8 Å². The molecule has 0 aliphatic carbocycles. The summed E-state index contributed by atoms with van der Waals surface area (Å²) in [5.41, 5.74) is 2.03. The number of rotatable bonds is 4. The van der Waals surface area contributed by atoms with Crippen molar-refractivity contribution in [2.24, 2.45) is 0 Å². The zero-order chi connectivity index (χ0) is 14.7. The van der Waals surface area contributed by atoms with Crippen molar-refractivity contribution in [3.63, 3.8) is 0 Å². The van der Waals surface area contributed by atoms with E-state index in [1.54, 1.807) is 7.11 Å². The van der Waals surface area contributed by atoms with Gasteiger partial charge in [0.15, 0.2) is 0 Å². The van der Waals surface area contributed by atoms with Gasteiger partial charge in [-0.05, 0) is 42.4 Å². The second kappa shape index (κ2) is 6.81. The molecule has 2 nitrogen and oxygen atoms in total. The minimum absolute atomic E-state index is 0.0287. The summed E-state index contributed by atoms with van der Waals surface area (Å²) in [6.45, 7) is 0. The predicted molar refractivity (Wildman–Crippen MR) is 88.1 cm³/mol. The molecule has 0 aliphatic rings. The quantitative estimate of drug-likeness (QED) is 0.806. The third-order valence-electron chi connectivity index (χ3n) is 3.07. The molecule has 5 heteroatoms. The number of hydrogen-bond acceptors (Lipinski definition) is 2. The van der Waals surface area contributed by atoms with Crippen LogP contribution in [0.5, 0.6) is 5.75 Å². The van der Waals surface area contributed by atoms with Gasteiger partial charge in [-0.25, -0.2) is 0 Å². The van der Waals surface area contributed by atoms with Crippen molar-refractivity contribution in [3.05, 3.63) is 62.0 Å². The number of nitrogens with one attached hydrogen (secondary N) is 1. The Balaban J connectivity index is 2.44. The Labute approximate surface area is 137 Å². The molecule has 0 heterocycles. The van der Waals surface area contributed by atoms with Gasteiger partial charge in [0.05, 0.1) is 18.2 Å². The lowest BCUT2D eigenvalue weighted by Gasteiger charge is -2.19. The fraction of sp³-hybridized carbons (Fsp3) is 0.200. The second-order valence-electron chi connectivity index (χ2n) is 4.28. The highest BCUT2D eigenvalue weighted by Crippen LogP contribution is 2.33. The first-order valence-corrected chi connectivity index (χ1v) is 7.57. The number of benzene rings is 2. The van der Waals surface area contributed by atoms with Gasteiger partial charge in [0, 0.05) is 9.50 Å². The van der Waals surface area contributed by atoms with E-state index in [0.717, 1.165) is 15.6 Å². The van der Waals surface area contributed by atoms with Crippen LogP contribution in [0.25, 0.3) is 0 Å². The zero-order valence-corrected chi connectivity index (χ0v) is 14.2. The van der Waals surface area contributed by atoms with E-state index >= 15 is 0 Å². The molecule has 1 atom stereocenters. The third kappa shape index (κ3) is 3.29. The molecule has 0 amide bonds. The molecule has 1 unspecified atom stereocenters. The molecular formula is C15H14BrCl2NO. The Kier molecular flexibility index (Phi) is 5.33. The largest absolute Gasteiger partial charge is 0.495 e. The van der Waals surface area contributed by atoms with Crippen LogP contribution in [0.4, 0.5) is 0 Å². The maximum Gasteiger partial charge on any atom is 0.137 e.